The Morgan fingerprint density at radius 2 is 1.89 bits per heavy atom. The standard InChI is InChI=1S/C25H23ClN2O7/c1-13-19(24(31)32)20(16-8-4-5-9-17(16)26)21(25(33)34)18(27-13)12-35-11-10-28-22(29)14-6-2-3-7-15(14)23(28)30/h2-6,8-9,15,20,27H,7,10-12H2,1H3,(H,31,32)(H,33,34). The average molecular weight is 499 g/mol. The monoisotopic (exact) mass is 498 g/mol. The normalized spacial score (nSPS) is 21.8. The zero-order valence-electron chi connectivity index (χ0n) is 18.8. The van der Waals surface area contributed by atoms with Crippen LogP contribution < -0.4 is 5.32 Å². The van der Waals surface area contributed by atoms with Crippen LogP contribution in [0.2, 0.25) is 5.02 Å². The summed E-state index contributed by atoms with van der Waals surface area (Å²) in [5, 5.41) is 22.9. The van der Waals surface area contributed by atoms with E-state index in [-0.39, 0.29) is 59.1 Å². The number of likely N-dealkylation sites (tertiary alicyclic amines) is 1. The average Bonchev–Trinajstić information content (AvgIpc) is 3.06. The van der Waals surface area contributed by atoms with Crippen molar-refractivity contribution in [2.24, 2.45) is 5.92 Å². The first kappa shape index (κ1) is 24.4. The van der Waals surface area contributed by atoms with E-state index in [9.17, 15) is 29.4 Å². The molecule has 35 heavy (non-hydrogen) atoms. The number of hydrogen-bond acceptors (Lipinski definition) is 6. The third kappa shape index (κ3) is 4.52. The molecule has 4 rings (SSSR count). The quantitative estimate of drug-likeness (QED) is 0.368. The van der Waals surface area contributed by atoms with Crippen molar-refractivity contribution >= 4 is 35.4 Å². The summed E-state index contributed by atoms with van der Waals surface area (Å²) in [7, 11) is 0. The molecule has 0 spiro atoms. The molecule has 1 aromatic carbocycles. The fraction of sp³-hybridized carbons (Fsp3) is 0.280. The lowest BCUT2D eigenvalue weighted by Gasteiger charge is -2.30. The number of allylic oxidation sites excluding steroid dienone is 4. The zero-order chi connectivity index (χ0) is 25.3. The number of imide groups is 1. The highest BCUT2D eigenvalue weighted by atomic mass is 35.5. The molecule has 2 heterocycles. The van der Waals surface area contributed by atoms with Gasteiger partial charge in [-0.1, -0.05) is 48.0 Å². The van der Waals surface area contributed by atoms with Crippen molar-refractivity contribution in [1.29, 1.82) is 0 Å². The van der Waals surface area contributed by atoms with E-state index >= 15 is 0 Å². The molecule has 1 aliphatic carbocycles. The van der Waals surface area contributed by atoms with Gasteiger partial charge in [0.15, 0.2) is 0 Å². The molecule has 3 aliphatic rings. The van der Waals surface area contributed by atoms with Crippen LogP contribution in [0.25, 0.3) is 0 Å². The Hall–Kier alpha value is -3.69. The highest BCUT2D eigenvalue weighted by molar-refractivity contribution is 6.31. The largest absolute Gasteiger partial charge is 0.478 e. The zero-order valence-corrected chi connectivity index (χ0v) is 19.5. The van der Waals surface area contributed by atoms with Crippen LogP contribution in [0.5, 0.6) is 0 Å². The van der Waals surface area contributed by atoms with E-state index in [4.69, 9.17) is 16.3 Å². The number of carboxylic acids is 2. The summed E-state index contributed by atoms with van der Waals surface area (Å²) in [6, 6.07) is 6.47. The Morgan fingerprint density at radius 1 is 1.17 bits per heavy atom. The third-order valence-electron chi connectivity index (χ3n) is 6.24. The first-order valence-electron chi connectivity index (χ1n) is 10.9. The van der Waals surface area contributed by atoms with Gasteiger partial charge in [-0.15, -0.1) is 0 Å². The molecule has 0 aromatic heterocycles. The van der Waals surface area contributed by atoms with E-state index in [0.717, 1.165) is 4.90 Å². The molecule has 3 N–H and O–H groups in total. The van der Waals surface area contributed by atoms with Crippen molar-refractivity contribution in [1.82, 2.24) is 10.2 Å². The number of carbonyl (C=O) groups excluding carboxylic acids is 2. The van der Waals surface area contributed by atoms with Gasteiger partial charge >= 0.3 is 11.9 Å². The Kier molecular flexibility index (Phi) is 6.90. The van der Waals surface area contributed by atoms with Crippen molar-refractivity contribution in [3.63, 3.8) is 0 Å². The third-order valence-corrected chi connectivity index (χ3v) is 6.59. The lowest BCUT2D eigenvalue weighted by atomic mass is 9.80. The molecule has 0 saturated carbocycles. The van der Waals surface area contributed by atoms with Gasteiger partial charge in [-0.05, 0) is 25.0 Å². The topological polar surface area (TPSA) is 133 Å². The fourth-order valence-electron chi connectivity index (χ4n) is 4.64. The smallest absolute Gasteiger partial charge is 0.334 e. The Balaban J connectivity index is 1.54. The summed E-state index contributed by atoms with van der Waals surface area (Å²) >= 11 is 6.31. The second-order valence-corrected chi connectivity index (χ2v) is 8.71. The highest BCUT2D eigenvalue weighted by Gasteiger charge is 2.43. The number of aliphatic carboxylic acids is 2. The number of nitrogens with one attached hydrogen (secondary N) is 1. The number of benzene rings is 1. The van der Waals surface area contributed by atoms with Crippen LogP contribution in [0, 0.1) is 5.92 Å². The first-order chi connectivity index (χ1) is 16.7. The number of fused-ring (bicyclic) bond motifs is 1. The molecule has 182 valence electrons. The van der Waals surface area contributed by atoms with Gasteiger partial charge in [0.1, 0.15) is 0 Å². The van der Waals surface area contributed by atoms with Crippen LogP contribution in [-0.4, -0.2) is 58.6 Å². The van der Waals surface area contributed by atoms with Gasteiger partial charge < -0.3 is 20.3 Å². The number of nitrogens with zero attached hydrogens (tertiary/aromatic N) is 1. The second-order valence-electron chi connectivity index (χ2n) is 8.31. The number of amides is 2. The van der Waals surface area contributed by atoms with Gasteiger partial charge in [0.25, 0.3) is 5.91 Å². The molecule has 2 unspecified atom stereocenters. The van der Waals surface area contributed by atoms with Gasteiger partial charge in [-0.25, -0.2) is 9.59 Å². The SMILES string of the molecule is CC1=C(C(=O)O)C(c2ccccc2Cl)C(C(=O)O)=C(COCCN2C(=O)C3=CC=CCC3C2=O)N1. The number of carboxylic acid groups (broad SMARTS) is 2. The van der Waals surface area contributed by atoms with Gasteiger partial charge in [-0.2, -0.15) is 0 Å². The van der Waals surface area contributed by atoms with E-state index in [2.05, 4.69) is 5.32 Å². The highest BCUT2D eigenvalue weighted by Crippen LogP contribution is 2.41. The van der Waals surface area contributed by atoms with Gasteiger partial charge in [0.05, 0.1) is 48.4 Å². The minimum atomic E-state index is -1.32. The molecule has 0 bridgehead atoms. The number of rotatable bonds is 8. The molecule has 10 heteroatoms. The summed E-state index contributed by atoms with van der Waals surface area (Å²) in [5.41, 5.74) is 0.921. The van der Waals surface area contributed by atoms with Crippen molar-refractivity contribution in [2.45, 2.75) is 19.3 Å². The second kappa shape index (κ2) is 9.89. The Morgan fingerprint density at radius 3 is 2.54 bits per heavy atom. The van der Waals surface area contributed by atoms with E-state index < -0.39 is 23.8 Å². The summed E-state index contributed by atoms with van der Waals surface area (Å²) in [6.07, 6.45) is 5.72. The maximum absolute atomic E-state index is 12.6. The molecular formula is C25H23ClN2O7. The van der Waals surface area contributed by atoms with Gasteiger partial charge in [0.2, 0.25) is 5.91 Å². The number of hydrogen-bond donors (Lipinski definition) is 3. The minimum Gasteiger partial charge on any atom is -0.478 e. The van der Waals surface area contributed by atoms with Crippen molar-refractivity contribution in [3.05, 3.63) is 81.2 Å². The summed E-state index contributed by atoms with van der Waals surface area (Å²) in [5.74, 6) is -4.80. The number of ether oxygens (including phenoxy) is 1. The van der Waals surface area contributed by atoms with E-state index in [1.54, 1.807) is 36.4 Å². The van der Waals surface area contributed by atoms with E-state index in [0.29, 0.717) is 17.6 Å². The van der Waals surface area contributed by atoms with Crippen LogP contribution in [0.3, 0.4) is 0 Å². The molecule has 1 aromatic rings. The molecule has 2 atom stereocenters. The molecule has 9 nitrogen and oxygen atoms in total. The Bertz CT molecular complexity index is 1240. The molecule has 1 saturated heterocycles. The van der Waals surface area contributed by atoms with E-state index in [1.165, 1.54) is 6.92 Å². The number of dihydropyridines is 1. The molecule has 2 aliphatic heterocycles. The number of halogens is 1. The van der Waals surface area contributed by atoms with Crippen LogP contribution >= 0.6 is 11.6 Å². The predicted octanol–water partition coefficient (Wildman–Crippen LogP) is 2.61. The summed E-state index contributed by atoms with van der Waals surface area (Å²) in [4.78, 5) is 50.6. The van der Waals surface area contributed by atoms with Gasteiger partial charge in [-0.3, -0.25) is 14.5 Å². The maximum atomic E-state index is 12.6. The lowest BCUT2D eigenvalue weighted by molar-refractivity contribution is -0.140. The first-order valence-corrected chi connectivity index (χ1v) is 11.3. The van der Waals surface area contributed by atoms with Crippen molar-refractivity contribution in [2.75, 3.05) is 19.8 Å². The molecule has 1 fully saturated rings. The van der Waals surface area contributed by atoms with Crippen molar-refractivity contribution < 1.29 is 34.1 Å². The van der Waals surface area contributed by atoms with Crippen LogP contribution in [-0.2, 0) is 23.9 Å². The van der Waals surface area contributed by atoms with Crippen LogP contribution in [0.15, 0.2) is 70.6 Å². The fourth-order valence-corrected chi connectivity index (χ4v) is 4.88. The van der Waals surface area contributed by atoms with Crippen LogP contribution in [0.4, 0.5) is 0 Å². The molecule has 2 amide bonds. The summed E-state index contributed by atoms with van der Waals surface area (Å²) in [6.45, 7) is 1.34. The lowest BCUT2D eigenvalue weighted by Crippen LogP contribution is -2.35. The van der Waals surface area contributed by atoms with Crippen molar-refractivity contribution in [3.8, 4) is 0 Å². The minimum absolute atomic E-state index is 0.0182. The van der Waals surface area contributed by atoms with E-state index in [1.807, 2.05) is 6.08 Å². The predicted molar refractivity (Wildman–Crippen MR) is 125 cm³/mol. The van der Waals surface area contributed by atoms with Crippen LogP contribution in [0.1, 0.15) is 24.8 Å². The Labute approximate surface area is 206 Å². The molecular weight excluding hydrogens is 476 g/mol. The maximum Gasteiger partial charge on any atom is 0.334 e. The number of carbonyl (C=O) groups is 4. The molecule has 0 radical (unpaired) electrons. The summed E-state index contributed by atoms with van der Waals surface area (Å²) < 4.78 is 5.66. The van der Waals surface area contributed by atoms with Gasteiger partial charge in [0, 0.05) is 16.3 Å².